The van der Waals surface area contributed by atoms with E-state index in [1.54, 1.807) is 12.1 Å². The smallest absolute Gasteiger partial charge is 0.255 e. The van der Waals surface area contributed by atoms with Crippen LogP contribution in [0.3, 0.4) is 0 Å². The second-order valence-electron chi connectivity index (χ2n) is 5.81. The lowest BCUT2D eigenvalue weighted by Gasteiger charge is -2.31. The first-order valence-corrected chi connectivity index (χ1v) is 7.45. The van der Waals surface area contributed by atoms with Crippen LogP contribution in [-0.2, 0) is 0 Å². The highest BCUT2D eigenvalue weighted by Gasteiger charge is 2.24. The van der Waals surface area contributed by atoms with Gasteiger partial charge in [0.15, 0.2) is 0 Å². The number of carbonyl (C=O) groups excluding carboxylic acids is 1. The highest BCUT2D eigenvalue weighted by atomic mass is 19.1. The molecule has 1 amide bonds. The van der Waals surface area contributed by atoms with Crippen molar-refractivity contribution in [1.29, 1.82) is 0 Å². The fraction of sp³-hybridized carbons (Fsp3) is 0.333. The van der Waals surface area contributed by atoms with E-state index in [-0.39, 0.29) is 18.0 Å². The molecule has 3 nitrogen and oxygen atoms in total. The van der Waals surface area contributed by atoms with Crippen LogP contribution in [0.15, 0.2) is 42.6 Å². The Balaban J connectivity index is 2.48. The highest BCUT2D eigenvalue weighted by Crippen LogP contribution is 2.24. The van der Waals surface area contributed by atoms with Gasteiger partial charge in [-0.2, -0.15) is 0 Å². The quantitative estimate of drug-likeness (QED) is 0.850. The van der Waals surface area contributed by atoms with Gasteiger partial charge < -0.3 is 4.90 Å². The maximum atomic E-state index is 13.1. The second kappa shape index (κ2) is 6.69. The molecule has 0 aliphatic heterocycles. The zero-order valence-corrected chi connectivity index (χ0v) is 13.4. The number of hydrogen-bond donors (Lipinski definition) is 0. The Hall–Kier alpha value is -2.23. The molecule has 0 bridgehead atoms. The monoisotopic (exact) mass is 300 g/mol. The van der Waals surface area contributed by atoms with Crippen molar-refractivity contribution in [2.24, 2.45) is 0 Å². The van der Waals surface area contributed by atoms with Crippen LogP contribution in [-0.4, -0.2) is 27.9 Å². The van der Waals surface area contributed by atoms with Gasteiger partial charge in [-0.05, 0) is 45.9 Å². The summed E-state index contributed by atoms with van der Waals surface area (Å²) in [6.45, 7) is 7.99. The minimum Gasteiger partial charge on any atom is -0.334 e. The number of pyridine rings is 1. The van der Waals surface area contributed by atoms with Crippen LogP contribution in [0, 0.1) is 5.82 Å². The Bertz CT molecular complexity index is 642. The zero-order chi connectivity index (χ0) is 16.3. The van der Waals surface area contributed by atoms with Crippen molar-refractivity contribution in [3.8, 4) is 11.3 Å². The molecular formula is C18H21FN2O. The van der Waals surface area contributed by atoms with Gasteiger partial charge in [-0.25, -0.2) is 4.39 Å². The van der Waals surface area contributed by atoms with Gasteiger partial charge in [0, 0.05) is 23.2 Å². The Morgan fingerprint density at radius 2 is 1.68 bits per heavy atom. The van der Waals surface area contributed by atoms with Gasteiger partial charge in [0.05, 0.1) is 11.9 Å². The van der Waals surface area contributed by atoms with E-state index in [4.69, 9.17) is 0 Å². The number of benzene rings is 1. The first-order chi connectivity index (χ1) is 10.4. The fourth-order valence-corrected chi connectivity index (χ4v) is 2.63. The van der Waals surface area contributed by atoms with Crippen LogP contribution in [0.2, 0.25) is 0 Å². The topological polar surface area (TPSA) is 33.2 Å². The SMILES string of the molecule is CC(C)N(C(=O)c1ccccc1-c1ccc(F)cn1)C(C)C. The van der Waals surface area contributed by atoms with Crippen molar-refractivity contribution in [3.05, 3.63) is 54.0 Å². The molecule has 0 atom stereocenters. The average Bonchev–Trinajstić information content (AvgIpc) is 2.47. The molecule has 0 aliphatic rings. The van der Waals surface area contributed by atoms with Crippen molar-refractivity contribution in [2.45, 2.75) is 39.8 Å². The van der Waals surface area contributed by atoms with E-state index in [9.17, 15) is 9.18 Å². The summed E-state index contributed by atoms with van der Waals surface area (Å²) in [4.78, 5) is 18.8. The lowest BCUT2D eigenvalue weighted by Crippen LogP contribution is -2.42. The molecule has 1 aromatic carbocycles. The van der Waals surface area contributed by atoms with Gasteiger partial charge in [-0.1, -0.05) is 18.2 Å². The third kappa shape index (κ3) is 3.32. The summed E-state index contributed by atoms with van der Waals surface area (Å²) in [5.41, 5.74) is 1.90. The van der Waals surface area contributed by atoms with E-state index in [0.29, 0.717) is 11.3 Å². The van der Waals surface area contributed by atoms with Crippen molar-refractivity contribution in [1.82, 2.24) is 9.88 Å². The van der Waals surface area contributed by atoms with Crippen LogP contribution in [0.4, 0.5) is 4.39 Å². The number of halogens is 1. The Morgan fingerprint density at radius 3 is 2.23 bits per heavy atom. The molecule has 22 heavy (non-hydrogen) atoms. The minimum atomic E-state index is -0.390. The molecule has 0 saturated carbocycles. The Kier molecular flexibility index (Phi) is 4.91. The van der Waals surface area contributed by atoms with Crippen LogP contribution in [0.25, 0.3) is 11.3 Å². The summed E-state index contributed by atoms with van der Waals surface area (Å²) in [5.74, 6) is -0.426. The van der Waals surface area contributed by atoms with Gasteiger partial charge in [-0.15, -0.1) is 0 Å². The molecule has 0 saturated heterocycles. The summed E-state index contributed by atoms with van der Waals surface area (Å²) in [7, 11) is 0. The molecule has 0 unspecified atom stereocenters. The van der Waals surface area contributed by atoms with E-state index in [1.165, 1.54) is 12.3 Å². The van der Waals surface area contributed by atoms with E-state index in [2.05, 4.69) is 4.98 Å². The first kappa shape index (κ1) is 16.1. The van der Waals surface area contributed by atoms with Crippen LogP contribution < -0.4 is 0 Å². The predicted octanol–water partition coefficient (Wildman–Crippen LogP) is 4.15. The molecule has 2 aromatic rings. The normalized spacial score (nSPS) is 11.0. The molecule has 2 rings (SSSR count). The predicted molar refractivity (Wildman–Crippen MR) is 86.1 cm³/mol. The molecule has 116 valence electrons. The molecule has 4 heteroatoms. The third-order valence-electron chi connectivity index (χ3n) is 3.51. The van der Waals surface area contributed by atoms with E-state index in [1.807, 2.05) is 50.8 Å². The standard InChI is InChI=1S/C18H21FN2O/c1-12(2)21(13(3)4)18(22)16-8-6-5-7-15(16)17-10-9-14(19)11-20-17/h5-13H,1-4H3. The number of amides is 1. The molecule has 0 aliphatic carbocycles. The average molecular weight is 300 g/mol. The van der Waals surface area contributed by atoms with E-state index < -0.39 is 5.82 Å². The number of hydrogen-bond acceptors (Lipinski definition) is 2. The summed E-state index contributed by atoms with van der Waals surface area (Å²) in [5, 5.41) is 0. The fourth-order valence-electron chi connectivity index (χ4n) is 2.63. The van der Waals surface area contributed by atoms with Gasteiger partial charge in [0.1, 0.15) is 5.82 Å². The summed E-state index contributed by atoms with van der Waals surface area (Å²) >= 11 is 0. The van der Waals surface area contributed by atoms with Gasteiger partial charge in [0.25, 0.3) is 5.91 Å². The summed E-state index contributed by atoms with van der Waals surface area (Å²) in [6, 6.07) is 10.5. The maximum Gasteiger partial charge on any atom is 0.255 e. The highest BCUT2D eigenvalue weighted by molar-refractivity contribution is 6.00. The number of rotatable bonds is 4. The Labute approximate surface area is 130 Å². The summed E-state index contributed by atoms with van der Waals surface area (Å²) in [6.07, 6.45) is 1.17. The number of aromatic nitrogens is 1. The van der Waals surface area contributed by atoms with Crippen molar-refractivity contribution in [2.75, 3.05) is 0 Å². The first-order valence-electron chi connectivity index (χ1n) is 7.45. The number of nitrogens with zero attached hydrogens (tertiary/aromatic N) is 2. The molecule has 0 spiro atoms. The van der Waals surface area contributed by atoms with Crippen molar-refractivity contribution < 1.29 is 9.18 Å². The van der Waals surface area contributed by atoms with Gasteiger partial charge in [0.2, 0.25) is 0 Å². The van der Waals surface area contributed by atoms with Crippen molar-refractivity contribution in [3.63, 3.8) is 0 Å². The molecule has 0 radical (unpaired) electrons. The molecular weight excluding hydrogens is 279 g/mol. The largest absolute Gasteiger partial charge is 0.334 e. The minimum absolute atomic E-state index is 0.0354. The van der Waals surface area contributed by atoms with E-state index >= 15 is 0 Å². The van der Waals surface area contributed by atoms with Gasteiger partial charge >= 0.3 is 0 Å². The lowest BCUT2D eigenvalue weighted by atomic mass is 10.0. The third-order valence-corrected chi connectivity index (χ3v) is 3.51. The van der Waals surface area contributed by atoms with Crippen LogP contribution in [0.1, 0.15) is 38.1 Å². The van der Waals surface area contributed by atoms with Crippen LogP contribution in [0.5, 0.6) is 0 Å². The maximum absolute atomic E-state index is 13.1. The van der Waals surface area contributed by atoms with Gasteiger partial charge in [-0.3, -0.25) is 9.78 Å². The van der Waals surface area contributed by atoms with Crippen molar-refractivity contribution >= 4 is 5.91 Å². The molecule has 1 aromatic heterocycles. The summed E-state index contributed by atoms with van der Waals surface area (Å²) < 4.78 is 13.1. The van der Waals surface area contributed by atoms with Crippen LogP contribution >= 0.6 is 0 Å². The molecule has 1 heterocycles. The second-order valence-corrected chi connectivity index (χ2v) is 5.81. The molecule has 0 N–H and O–H groups in total. The zero-order valence-electron chi connectivity index (χ0n) is 13.4. The van der Waals surface area contributed by atoms with E-state index in [0.717, 1.165) is 5.56 Å². The Morgan fingerprint density at radius 1 is 1.05 bits per heavy atom. The molecule has 0 fully saturated rings. The lowest BCUT2D eigenvalue weighted by molar-refractivity contribution is 0.0644. The number of carbonyl (C=O) groups is 1.